The highest BCUT2D eigenvalue weighted by Crippen LogP contribution is 2.25. The van der Waals surface area contributed by atoms with Gasteiger partial charge >= 0.3 is 0 Å². The fourth-order valence-electron chi connectivity index (χ4n) is 2.02. The van der Waals surface area contributed by atoms with Gasteiger partial charge in [0.05, 0.1) is 22.5 Å². The van der Waals surface area contributed by atoms with E-state index in [4.69, 9.17) is 16.3 Å². The molecule has 126 valence electrons. The van der Waals surface area contributed by atoms with Crippen LogP contribution in [-0.4, -0.2) is 17.9 Å². The first-order valence-electron chi connectivity index (χ1n) is 7.55. The minimum absolute atomic E-state index is 0.0217. The number of amides is 2. The Balaban J connectivity index is 1.96. The van der Waals surface area contributed by atoms with E-state index in [2.05, 4.69) is 10.6 Å². The summed E-state index contributed by atoms with van der Waals surface area (Å²) in [5.74, 6) is -0.311. The normalized spacial score (nSPS) is 10.3. The lowest BCUT2D eigenvalue weighted by Crippen LogP contribution is -2.22. The molecule has 24 heavy (non-hydrogen) atoms. The molecule has 2 aromatic carbocycles. The molecule has 0 radical (unpaired) electrons. The van der Waals surface area contributed by atoms with Crippen molar-refractivity contribution in [3.05, 3.63) is 53.6 Å². The first-order chi connectivity index (χ1) is 11.5. The summed E-state index contributed by atoms with van der Waals surface area (Å²) in [6.07, 6.45) is -0.340. The van der Waals surface area contributed by atoms with Crippen molar-refractivity contribution in [1.29, 1.82) is 0 Å². The number of halogens is 1. The number of nitrogens with one attached hydrogen (secondary N) is 2. The van der Waals surface area contributed by atoms with E-state index >= 15 is 0 Å². The second-order valence-electron chi connectivity index (χ2n) is 5.42. The lowest BCUT2D eigenvalue weighted by Gasteiger charge is -2.14. The van der Waals surface area contributed by atoms with Crippen LogP contribution in [0.25, 0.3) is 0 Å². The molecule has 6 heteroatoms. The Bertz CT molecular complexity index is 732. The van der Waals surface area contributed by atoms with Crippen LogP contribution in [0.3, 0.4) is 0 Å². The zero-order valence-electron chi connectivity index (χ0n) is 13.5. The van der Waals surface area contributed by atoms with Crippen molar-refractivity contribution in [1.82, 2.24) is 0 Å². The number of hydrogen-bond acceptors (Lipinski definition) is 3. The molecule has 0 fully saturated rings. The van der Waals surface area contributed by atoms with Gasteiger partial charge in [0.25, 0.3) is 0 Å². The van der Waals surface area contributed by atoms with Gasteiger partial charge in [-0.15, -0.1) is 0 Å². The number of rotatable bonds is 6. The highest BCUT2D eigenvalue weighted by molar-refractivity contribution is 6.33. The molecule has 0 aromatic heterocycles. The largest absolute Gasteiger partial charge is 0.489 e. The van der Waals surface area contributed by atoms with Crippen LogP contribution in [0.2, 0.25) is 5.02 Å². The van der Waals surface area contributed by atoms with Gasteiger partial charge < -0.3 is 15.4 Å². The molecular formula is C18H19ClN2O3. The molecule has 2 N–H and O–H groups in total. The third kappa shape index (κ3) is 5.28. The van der Waals surface area contributed by atoms with Crippen molar-refractivity contribution >= 4 is 34.8 Å². The monoisotopic (exact) mass is 346 g/mol. The molecule has 0 aliphatic rings. The molecule has 0 heterocycles. The number of carbonyl (C=O) groups is 2. The van der Waals surface area contributed by atoms with Gasteiger partial charge in [-0.3, -0.25) is 9.59 Å². The Morgan fingerprint density at radius 2 is 1.50 bits per heavy atom. The van der Waals surface area contributed by atoms with Crippen molar-refractivity contribution in [2.75, 3.05) is 10.6 Å². The molecule has 2 rings (SSSR count). The van der Waals surface area contributed by atoms with E-state index in [1.54, 1.807) is 42.5 Å². The summed E-state index contributed by atoms with van der Waals surface area (Å²) >= 11 is 5.97. The molecule has 5 nitrogen and oxygen atoms in total. The van der Waals surface area contributed by atoms with Crippen LogP contribution in [0, 0.1) is 0 Å². The van der Waals surface area contributed by atoms with Crippen molar-refractivity contribution in [2.45, 2.75) is 26.4 Å². The maximum absolute atomic E-state index is 12.1. The second kappa shape index (κ2) is 8.36. The first kappa shape index (κ1) is 17.8. The van der Waals surface area contributed by atoms with Crippen molar-refractivity contribution in [2.24, 2.45) is 0 Å². The number of para-hydroxylation sites is 3. The summed E-state index contributed by atoms with van der Waals surface area (Å²) in [6.45, 7) is 3.80. The average Bonchev–Trinajstić information content (AvgIpc) is 2.51. The van der Waals surface area contributed by atoms with Gasteiger partial charge in [-0.2, -0.15) is 0 Å². The molecular weight excluding hydrogens is 328 g/mol. The van der Waals surface area contributed by atoms with Crippen molar-refractivity contribution < 1.29 is 14.3 Å². The molecule has 0 aliphatic carbocycles. The highest BCUT2D eigenvalue weighted by Gasteiger charge is 2.13. The molecule has 0 spiro atoms. The van der Waals surface area contributed by atoms with Gasteiger partial charge in [-0.05, 0) is 38.1 Å². The van der Waals surface area contributed by atoms with E-state index in [0.717, 1.165) is 0 Å². The summed E-state index contributed by atoms with van der Waals surface area (Å²) in [5, 5.41) is 5.72. The van der Waals surface area contributed by atoms with Gasteiger partial charge in [0, 0.05) is 0 Å². The van der Waals surface area contributed by atoms with Gasteiger partial charge in [-0.25, -0.2) is 0 Å². The third-order valence-electron chi connectivity index (χ3n) is 2.99. The average molecular weight is 347 g/mol. The summed E-state index contributed by atoms with van der Waals surface area (Å²) in [6, 6.07) is 13.9. The molecule has 0 bridgehead atoms. The Morgan fingerprint density at radius 1 is 0.958 bits per heavy atom. The number of ether oxygens (including phenoxy) is 1. The lowest BCUT2D eigenvalue weighted by atomic mass is 10.2. The summed E-state index contributed by atoms with van der Waals surface area (Å²) in [5.41, 5.74) is 1.00. The van der Waals surface area contributed by atoms with Crippen LogP contribution >= 0.6 is 11.6 Å². The van der Waals surface area contributed by atoms with Crippen LogP contribution in [0.4, 0.5) is 11.4 Å². The van der Waals surface area contributed by atoms with E-state index in [1.807, 2.05) is 19.9 Å². The smallest absolute Gasteiger partial charge is 0.233 e. The predicted octanol–water partition coefficient (Wildman–Crippen LogP) is 4.09. The molecule has 0 unspecified atom stereocenters. The van der Waals surface area contributed by atoms with Crippen molar-refractivity contribution in [3.8, 4) is 5.75 Å². The Hall–Kier alpha value is -2.53. The zero-order valence-corrected chi connectivity index (χ0v) is 14.3. The highest BCUT2D eigenvalue weighted by atomic mass is 35.5. The van der Waals surface area contributed by atoms with Crippen LogP contribution in [0.15, 0.2) is 48.5 Å². The van der Waals surface area contributed by atoms with Gasteiger partial charge in [-0.1, -0.05) is 35.9 Å². The summed E-state index contributed by atoms with van der Waals surface area (Å²) in [7, 11) is 0. The number of anilines is 2. The molecule has 0 saturated heterocycles. The number of carbonyl (C=O) groups excluding carboxylic acids is 2. The Kier molecular flexibility index (Phi) is 6.21. The third-order valence-corrected chi connectivity index (χ3v) is 3.32. The summed E-state index contributed by atoms with van der Waals surface area (Å²) < 4.78 is 5.63. The Morgan fingerprint density at radius 3 is 2.12 bits per heavy atom. The molecule has 0 saturated carbocycles. The molecule has 2 aromatic rings. The SMILES string of the molecule is CC(C)Oc1ccccc1NC(=O)CC(=O)Nc1ccccc1Cl. The minimum Gasteiger partial charge on any atom is -0.489 e. The number of hydrogen-bond donors (Lipinski definition) is 2. The first-order valence-corrected chi connectivity index (χ1v) is 7.93. The topological polar surface area (TPSA) is 67.4 Å². The molecule has 0 atom stereocenters. The predicted molar refractivity (Wildman–Crippen MR) is 95.5 cm³/mol. The van der Waals surface area contributed by atoms with Crippen LogP contribution in [0.5, 0.6) is 5.75 Å². The van der Waals surface area contributed by atoms with E-state index in [9.17, 15) is 9.59 Å². The standard InChI is InChI=1S/C18H19ClN2O3/c1-12(2)24-16-10-6-5-9-15(16)21-18(23)11-17(22)20-14-8-4-3-7-13(14)19/h3-10,12H,11H2,1-2H3,(H,20,22)(H,21,23). The van der Waals surface area contributed by atoms with Crippen LogP contribution in [0.1, 0.15) is 20.3 Å². The quantitative estimate of drug-likeness (QED) is 0.774. The summed E-state index contributed by atoms with van der Waals surface area (Å²) in [4.78, 5) is 24.0. The fraction of sp³-hybridized carbons (Fsp3) is 0.222. The van der Waals surface area contributed by atoms with Gasteiger partial charge in [0.1, 0.15) is 12.2 Å². The molecule has 2 amide bonds. The van der Waals surface area contributed by atoms with E-state index in [-0.39, 0.29) is 12.5 Å². The fourth-order valence-corrected chi connectivity index (χ4v) is 2.21. The maximum atomic E-state index is 12.1. The van der Waals surface area contributed by atoms with E-state index in [1.165, 1.54) is 0 Å². The minimum atomic E-state index is -0.442. The van der Waals surface area contributed by atoms with Crippen molar-refractivity contribution in [3.63, 3.8) is 0 Å². The van der Waals surface area contributed by atoms with Crippen LogP contribution < -0.4 is 15.4 Å². The second-order valence-corrected chi connectivity index (χ2v) is 5.82. The van der Waals surface area contributed by atoms with E-state index < -0.39 is 11.8 Å². The zero-order chi connectivity index (χ0) is 17.5. The maximum Gasteiger partial charge on any atom is 0.233 e. The molecule has 0 aliphatic heterocycles. The van der Waals surface area contributed by atoms with Crippen LogP contribution in [-0.2, 0) is 9.59 Å². The van der Waals surface area contributed by atoms with E-state index in [0.29, 0.717) is 22.1 Å². The number of benzene rings is 2. The lowest BCUT2D eigenvalue weighted by molar-refractivity contribution is -0.123. The van der Waals surface area contributed by atoms with Gasteiger partial charge in [0.15, 0.2) is 0 Å². The Labute approximate surface area is 146 Å². The van der Waals surface area contributed by atoms with Gasteiger partial charge in [0.2, 0.25) is 11.8 Å².